The van der Waals surface area contributed by atoms with Gasteiger partial charge in [0.15, 0.2) is 0 Å². The molecule has 1 aliphatic rings. The fourth-order valence-electron chi connectivity index (χ4n) is 2.70. The van der Waals surface area contributed by atoms with Crippen molar-refractivity contribution in [3.8, 4) is 0 Å². The Kier molecular flexibility index (Phi) is 5.02. The Bertz CT molecular complexity index is 598. The first-order valence-electron chi connectivity index (χ1n) is 7.12. The summed E-state index contributed by atoms with van der Waals surface area (Å²) in [5.41, 5.74) is 7.34. The SMILES string of the molecule is NCC(c1ccc(Cl)cc1Br)N(Cc1cccs1)C1CC1. The fourth-order valence-corrected chi connectivity index (χ4v) is 4.35. The summed E-state index contributed by atoms with van der Waals surface area (Å²) in [7, 11) is 0. The van der Waals surface area contributed by atoms with Crippen LogP contribution in [0.1, 0.15) is 29.3 Å². The molecule has 2 aromatic rings. The van der Waals surface area contributed by atoms with Gasteiger partial charge in [0.05, 0.1) is 0 Å². The van der Waals surface area contributed by atoms with Crippen LogP contribution in [0.5, 0.6) is 0 Å². The Morgan fingerprint density at radius 2 is 2.19 bits per heavy atom. The lowest BCUT2D eigenvalue weighted by molar-refractivity contribution is 0.183. The second-order valence-corrected chi connectivity index (χ2v) is 7.72. The zero-order valence-corrected chi connectivity index (χ0v) is 14.8. The molecule has 0 amide bonds. The first-order valence-corrected chi connectivity index (χ1v) is 9.17. The van der Waals surface area contributed by atoms with Crippen LogP contribution in [0.2, 0.25) is 5.02 Å². The van der Waals surface area contributed by atoms with Crippen LogP contribution in [-0.4, -0.2) is 17.5 Å². The lowest BCUT2D eigenvalue weighted by atomic mass is 10.0. The predicted molar refractivity (Wildman–Crippen MR) is 93.8 cm³/mol. The first-order chi connectivity index (χ1) is 10.2. The van der Waals surface area contributed by atoms with Gasteiger partial charge in [-0.15, -0.1) is 11.3 Å². The Balaban J connectivity index is 1.88. The van der Waals surface area contributed by atoms with Crippen LogP contribution >= 0.6 is 38.9 Å². The van der Waals surface area contributed by atoms with Crippen LogP contribution in [0.4, 0.5) is 0 Å². The molecule has 0 saturated heterocycles. The van der Waals surface area contributed by atoms with Crippen molar-refractivity contribution in [1.29, 1.82) is 0 Å². The van der Waals surface area contributed by atoms with E-state index in [1.165, 1.54) is 23.3 Å². The molecule has 5 heteroatoms. The topological polar surface area (TPSA) is 29.3 Å². The number of hydrogen-bond acceptors (Lipinski definition) is 3. The molecule has 0 bridgehead atoms. The first kappa shape index (κ1) is 15.5. The molecule has 1 aromatic carbocycles. The van der Waals surface area contributed by atoms with Crippen molar-refractivity contribution >= 4 is 38.9 Å². The number of benzene rings is 1. The molecule has 2 nitrogen and oxygen atoms in total. The molecule has 1 unspecified atom stereocenters. The van der Waals surface area contributed by atoms with Gasteiger partial charge in [-0.05, 0) is 42.0 Å². The Hall–Kier alpha value is -0.390. The molecule has 1 atom stereocenters. The third-order valence-electron chi connectivity index (χ3n) is 3.88. The van der Waals surface area contributed by atoms with Gasteiger partial charge in [-0.2, -0.15) is 0 Å². The Morgan fingerprint density at radius 3 is 2.76 bits per heavy atom. The molecule has 3 rings (SSSR count). The van der Waals surface area contributed by atoms with E-state index in [4.69, 9.17) is 17.3 Å². The van der Waals surface area contributed by atoms with Crippen molar-refractivity contribution < 1.29 is 0 Å². The van der Waals surface area contributed by atoms with Crippen LogP contribution in [0.25, 0.3) is 0 Å². The molecular weight excluding hydrogens is 368 g/mol. The quantitative estimate of drug-likeness (QED) is 0.771. The van der Waals surface area contributed by atoms with Crippen LogP contribution in [0.3, 0.4) is 0 Å². The zero-order valence-electron chi connectivity index (χ0n) is 11.6. The number of rotatable bonds is 6. The minimum Gasteiger partial charge on any atom is -0.329 e. The van der Waals surface area contributed by atoms with Crippen LogP contribution in [0.15, 0.2) is 40.2 Å². The van der Waals surface area contributed by atoms with E-state index in [0.717, 1.165) is 16.0 Å². The molecule has 1 heterocycles. The summed E-state index contributed by atoms with van der Waals surface area (Å²) in [6.07, 6.45) is 2.54. The van der Waals surface area contributed by atoms with Gasteiger partial charge in [0.1, 0.15) is 0 Å². The summed E-state index contributed by atoms with van der Waals surface area (Å²) < 4.78 is 1.04. The summed E-state index contributed by atoms with van der Waals surface area (Å²) in [5, 5.41) is 2.88. The van der Waals surface area contributed by atoms with Crippen molar-refractivity contribution in [3.05, 3.63) is 55.6 Å². The van der Waals surface area contributed by atoms with Gasteiger partial charge in [0, 0.05) is 39.5 Å². The largest absolute Gasteiger partial charge is 0.329 e. The smallest absolute Gasteiger partial charge is 0.0488 e. The van der Waals surface area contributed by atoms with Crippen molar-refractivity contribution in [2.24, 2.45) is 5.73 Å². The van der Waals surface area contributed by atoms with Crippen molar-refractivity contribution in [2.75, 3.05) is 6.54 Å². The van der Waals surface area contributed by atoms with E-state index >= 15 is 0 Å². The summed E-state index contributed by atoms with van der Waals surface area (Å²) in [4.78, 5) is 3.94. The summed E-state index contributed by atoms with van der Waals surface area (Å²) in [6.45, 7) is 1.58. The highest BCUT2D eigenvalue weighted by atomic mass is 79.9. The number of nitrogens with zero attached hydrogens (tertiary/aromatic N) is 1. The van der Waals surface area contributed by atoms with Crippen LogP contribution in [0, 0.1) is 0 Å². The van der Waals surface area contributed by atoms with Crippen LogP contribution < -0.4 is 5.73 Å². The number of halogens is 2. The van der Waals surface area contributed by atoms with E-state index in [0.29, 0.717) is 12.6 Å². The number of hydrogen-bond donors (Lipinski definition) is 1. The van der Waals surface area contributed by atoms with E-state index in [1.54, 1.807) is 0 Å². The molecule has 0 spiro atoms. The van der Waals surface area contributed by atoms with Gasteiger partial charge in [-0.3, -0.25) is 4.90 Å². The molecule has 2 N–H and O–H groups in total. The standard InChI is InChI=1S/C16H18BrClN2S/c17-15-8-11(18)3-6-14(15)16(9-19)20(12-4-5-12)10-13-2-1-7-21-13/h1-3,6-8,12,16H,4-5,9-10,19H2. The second kappa shape index (κ2) is 6.80. The summed E-state index contributed by atoms with van der Waals surface area (Å²) in [5.74, 6) is 0. The Labute approximate surface area is 143 Å². The zero-order chi connectivity index (χ0) is 14.8. The molecule has 0 aliphatic heterocycles. The predicted octanol–water partition coefficient (Wildman–Crippen LogP) is 4.83. The van der Waals surface area contributed by atoms with Crippen molar-refractivity contribution in [2.45, 2.75) is 31.5 Å². The molecule has 21 heavy (non-hydrogen) atoms. The summed E-state index contributed by atoms with van der Waals surface area (Å²) >= 11 is 11.5. The lowest BCUT2D eigenvalue weighted by Gasteiger charge is -2.31. The van der Waals surface area contributed by atoms with Gasteiger partial charge in [-0.1, -0.05) is 39.7 Å². The molecule has 1 aromatic heterocycles. The minimum atomic E-state index is 0.228. The number of thiophene rings is 1. The highest BCUT2D eigenvalue weighted by Gasteiger charge is 2.34. The van der Waals surface area contributed by atoms with E-state index in [2.05, 4.69) is 44.4 Å². The third-order valence-corrected chi connectivity index (χ3v) is 5.66. The van der Waals surface area contributed by atoms with Gasteiger partial charge >= 0.3 is 0 Å². The van der Waals surface area contributed by atoms with Crippen molar-refractivity contribution in [1.82, 2.24) is 4.90 Å². The van der Waals surface area contributed by atoms with E-state index in [1.807, 2.05) is 23.5 Å². The van der Waals surface area contributed by atoms with Gasteiger partial charge < -0.3 is 5.73 Å². The molecule has 0 radical (unpaired) electrons. The fraction of sp³-hybridized carbons (Fsp3) is 0.375. The van der Waals surface area contributed by atoms with Gasteiger partial charge in [0.2, 0.25) is 0 Å². The van der Waals surface area contributed by atoms with E-state index < -0.39 is 0 Å². The average Bonchev–Trinajstić information content (AvgIpc) is 3.18. The lowest BCUT2D eigenvalue weighted by Crippen LogP contribution is -2.35. The molecular formula is C16H18BrClN2S. The third kappa shape index (κ3) is 3.69. The normalized spacial score (nSPS) is 16.4. The molecule has 112 valence electrons. The molecule has 1 aliphatic carbocycles. The maximum atomic E-state index is 6.12. The maximum Gasteiger partial charge on any atom is 0.0488 e. The molecule has 1 saturated carbocycles. The van der Waals surface area contributed by atoms with Gasteiger partial charge in [0.25, 0.3) is 0 Å². The highest BCUT2D eigenvalue weighted by molar-refractivity contribution is 9.10. The average molecular weight is 386 g/mol. The monoisotopic (exact) mass is 384 g/mol. The van der Waals surface area contributed by atoms with E-state index in [-0.39, 0.29) is 6.04 Å². The minimum absolute atomic E-state index is 0.228. The van der Waals surface area contributed by atoms with E-state index in [9.17, 15) is 0 Å². The highest BCUT2D eigenvalue weighted by Crippen LogP contribution is 2.38. The molecule has 1 fully saturated rings. The Morgan fingerprint density at radius 1 is 1.38 bits per heavy atom. The number of nitrogens with two attached hydrogens (primary N) is 1. The summed E-state index contributed by atoms with van der Waals surface area (Å²) in [6, 6.07) is 11.2. The van der Waals surface area contributed by atoms with Gasteiger partial charge in [-0.25, -0.2) is 0 Å². The second-order valence-electron chi connectivity index (χ2n) is 5.40. The van der Waals surface area contributed by atoms with Crippen LogP contribution in [-0.2, 0) is 6.54 Å². The van der Waals surface area contributed by atoms with Crippen molar-refractivity contribution in [3.63, 3.8) is 0 Å². The maximum absolute atomic E-state index is 6.12.